The molecule has 3 amide bonds. The summed E-state index contributed by atoms with van der Waals surface area (Å²) in [7, 11) is 0.164. The molecule has 23 nitrogen and oxygen atoms in total. The maximum atomic E-state index is 13.6. The predicted octanol–water partition coefficient (Wildman–Crippen LogP) is 1.26. The molecule has 2 aromatic heterocycles. The minimum atomic E-state index is -4.66. The molecule has 346 valence electrons. The summed E-state index contributed by atoms with van der Waals surface area (Å²) in [6.07, 6.45) is -1.16. The molecule has 2 heterocycles. The van der Waals surface area contributed by atoms with Crippen molar-refractivity contribution in [1.29, 1.82) is 0 Å². The normalized spacial score (nSPS) is 11.4. The Kier molecular flexibility index (Phi) is 16.7. The Hall–Kier alpha value is -9.52. The van der Waals surface area contributed by atoms with Gasteiger partial charge in [0.15, 0.2) is 17.9 Å². The average Bonchev–Trinajstić information content (AvgIpc) is 3.16. The van der Waals surface area contributed by atoms with Crippen LogP contribution in [0.25, 0.3) is 11.2 Å². The van der Waals surface area contributed by atoms with Crippen LogP contribution in [0, 0.1) is 0 Å². The second kappa shape index (κ2) is 20.6. The molecule has 0 radical (unpaired) electrons. The molecule has 1 atom stereocenters. The van der Waals surface area contributed by atoms with Gasteiger partial charge < -0.3 is 49.9 Å². The fraction of sp³-hybridized carbons (Fsp3) is 0.324. The van der Waals surface area contributed by atoms with Gasteiger partial charge in [-0.05, 0) is 48.4 Å². The van der Waals surface area contributed by atoms with E-state index in [0.29, 0.717) is 5.56 Å². The summed E-state index contributed by atoms with van der Waals surface area (Å²) in [4.78, 5) is 109. The van der Waals surface area contributed by atoms with Crippen molar-refractivity contribution in [2.75, 3.05) is 51.6 Å². The van der Waals surface area contributed by atoms with E-state index >= 15 is 0 Å². The van der Waals surface area contributed by atoms with E-state index in [1.165, 1.54) is 54.5 Å². The Balaban J connectivity index is 0.00000620. The van der Waals surface area contributed by atoms with Gasteiger partial charge in [0.05, 0.1) is 45.6 Å². The van der Waals surface area contributed by atoms with E-state index in [1.807, 2.05) is 0 Å². The molecule has 0 saturated heterocycles. The van der Waals surface area contributed by atoms with E-state index in [9.17, 15) is 38.4 Å². The van der Waals surface area contributed by atoms with Crippen molar-refractivity contribution in [2.24, 2.45) is 0 Å². The number of carbonyl (C=O) groups is 5. The summed E-state index contributed by atoms with van der Waals surface area (Å²) >= 11 is 0. The summed E-state index contributed by atoms with van der Waals surface area (Å²) in [6, 6.07) is 9.96. The molecule has 27 heteroatoms. The van der Waals surface area contributed by atoms with Crippen molar-refractivity contribution >= 4 is 60.7 Å². The van der Waals surface area contributed by atoms with Crippen LogP contribution in [0.3, 0.4) is 0 Å². The number of likely N-dealkylation sites (N-methyl/N-ethyl adjacent to an activating group) is 2. The Morgan fingerprint density at radius 1 is 0.967 bits per heavy atom. The molecule has 0 spiro atoms. The third kappa shape index (κ3) is 14.5. The standard InChI is InChI=1S/C34H40N9O14P.3Fm/c1-41(14-15-43(2,3)19-56-58(52,53)54)33(50)57-24-10-4-20(5-11-24)18-55-34(51)42(17-22-16-36-28-27(37-22)30(47)40-32(35)39-28)23-8-6-21(7-9-23)29(46)38-25(31(48)49)12-13-26(44)45;;;/h4-11,16,25H,12-15,17-19H2,1-3H3,(H7-,35,36,38,39,40,44,45,46,47,48,49,52,53,54);;;/p+1. The first-order valence-corrected chi connectivity index (χ1v) is 18.6. The zero-order valence-corrected chi connectivity index (χ0v) is 40.3. The molecule has 2 aromatic carbocycles. The zero-order chi connectivity index (χ0) is 42.8. The number of aromatic amines is 1. The Bertz CT molecular complexity index is 2270. The first-order valence-electron chi connectivity index (χ1n) is 17.0. The number of nitrogens with two attached hydrogens (primary N) is 1. The van der Waals surface area contributed by atoms with Gasteiger partial charge in [-0.2, -0.15) is 4.98 Å². The molecule has 4 rings (SSSR count). The third-order valence-electron chi connectivity index (χ3n) is 8.14. The van der Waals surface area contributed by atoms with Crippen molar-refractivity contribution < 1.29 is 67.0 Å². The van der Waals surface area contributed by atoms with Gasteiger partial charge in [-0.3, -0.25) is 24.3 Å². The molecule has 0 aliphatic carbocycles. The number of aromatic nitrogens is 4. The van der Waals surface area contributed by atoms with E-state index in [0.717, 1.165) is 4.90 Å². The van der Waals surface area contributed by atoms with Crippen LogP contribution in [0.5, 0.6) is 5.75 Å². The average molecular weight is 1600 g/mol. The number of anilines is 2. The number of nitrogens with one attached hydrogen (secondary N) is 2. The minimum absolute atomic E-state index is 0. The molecule has 4 aromatic rings. The quantitative estimate of drug-likeness (QED) is 0.0419. The molecular weight excluding hydrogens is 1560 g/mol. The molecule has 0 aliphatic rings. The number of ether oxygens (including phenoxy) is 2. The van der Waals surface area contributed by atoms with Crippen molar-refractivity contribution in [1.82, 2.24) is 30.2 Å². The van der Waals surface area contributed by atoms with Crippen LogP contribution in [0.15, 0.2) is 59.5 Å². The number of amides is 3. The fourth-order valence-electron chi connectivity index (χ4n) is 4.89. The number of fused-ring (bicyclic) bond motifs is 1. The van der Waals surface area contributed by atoms with Gasteiger partial charge in [-0.25, -0.2) is 33.4 Å². The van der Waals surface area contributed by atoms with Gasteiger partial charge >= 0.3 is 31.9 Å². The number of hydrogen-bond acceptors (Lipinski definition) is 14. The van der Waals surface area contributed by atoms with Crippen molar-refractivity contribution in [3.8, 4) is 5.75 Å². The van der Waals surface area contributed by atoms with Crippen molar-refractivity contribution in [3.05, 3.63) is 81.9 Å². The predicted molar refractivity (Wildman–Crippen MR) is 201 cm³/mol. The van der Waals surface area contributed by atoms with E-state index in [1.54, 1.807) is 26.2 Å². The SMILES string of the molecule is CN(CC[N+](C)(C)COP(=O)(O)O)C(=O)Oc1ccc(COC(=O)N(Cc2cnc3nc(N)[nH]c(=O)c3n2)c2ccc(C(=O)NC(CCC(=O)O)C(=O)O)cc2)cc1.[Fm].[Fm].[Fm]. The largest absolute Gasteiger partial charge is 0.481 e. The summed E-state index contributed by atoms with van der Waals surface area (Å²) < 4.78 is 26.6. The molecule has 0 fully saturated rings. The maximum absolute atomic E-state index is 13.6. The number of nitrogens with zero attached hydrogens (tertiary/aromatic N) is 6. The summed E-state index contributed by atoms with van der Waals surface area (Å²) in [5, 5.41) is 20.6. The van der Waals surface area contributed by atoms with Crippen molar-refractivity contribution in [3.63, 3.8) is 0 Å². The monoisotopic (exact) mass is 1600 g/mol. The van der Waals surface area contributed by atoms with E-state index in [4.69, 9.17) is 30.1 Å². The molecule has 0 saturated carbocycles. The first kappa shape index (κ1) is 49.5. The second-order valence-electron chi connectivity index (χ2n) is 13.3. The second-order valence-corrected chi connectivity index (χ2v) is 14.5. The van der Waals surface area contributed by atoms with E-state index in [2.05, 4.69) is 29.8 Å². The zero-order valence-electron chi connectivity index (χ0n) is 32.2. The Morgan fingerprint density at radius 2 is 1.61 bits per heavy atom. The molecule has 0 aliphatic heterocycles. The summed E-state index contributed by atoms with van der Waals surface area (Å²) in [6.45, 7) is -0.379. The van der Waals surface area contributed by atoms with Crippen LogP contribution in [-0.4, -0.2) is 126 Å². The number of H-pyrrole nitrogens is 1. The first-order chi connectivity index (χ1) is 27.2. The van der Waals surface area contributed by atoms with E-state index < -0.39 is 55.9 Å². The number of quaternary nitrogens is 1. The Labute approximate surface area is 328 Å². The van der Waals surface area contributed by atoms with Gasteiger partial charge in [-0.1, -0.05) is 12.1 Å². The topological polar surface area (TPSA) is 327 Å². The maximum Gasteiger partial charge on any atom is 0.474 e. The number of hydrogen-bond donors (Lipinski definition) is 7. The van der Waals surface area contributed by atoms with Gasteiger partial charge in [0.1, 0.15) is 18.4 Å². The van der Waals surface area contributed by atoms with Crippen LogP contribution in [-0.2, 0) is 36.6 Å². The number of carboxylic acid groups (broad SMARTS) is 2. The summed E-state index contributed by atoms with van der Waals surface area (Å²) in [5.41, 5.74) is 5.57. The molecule has 0 bridgehead atoms. The number of benzene rings is 2. The van der Waals surface area contributed by atoms with Crippen LogP contribution in [0.4, 0.5) is 21.2 Å². The number of rotatable bonds is 18. The van der Waals surface area contributed by atoms with Crippen LogP contribution < -0.4 is 26.2 Å². The van der Waals surface area contributed by atoms with Crippen molar-refractivity contribution in [2.45, 2.75) is 32.0 Å². The fourth-order valence-corrected chi connectivity index (χ4v) is 5.36. The van der Waals surface area contributed by atoms with E-state index in [-0.39, 0.29) is 83.7 Å². The Morgan fingerprint density at radius 3 is 2.20 bits per heavy atom. The summed E-state index contributed by atoms with van der Waals surface area (Å²) in [5.74, 6) is -3.45. The molecule has 61 heavy (non-hydrogen) atoms. The van der Waals surface area contributed by atoms with Gasteiger partial charge in [-0.15, -0.1) is 0 Å². The number of aliphatic carboxylic acids is 2. The van der Waals surface area contributed by atoms with Gasteiger partial charge in [0.25, 0.3) is 11.5 Å². The molecule has 1 unspecified atom stereocenters. The minimum Gasteiger partial charge on any atom is -0.481 e. The molecular formula is C34H41Fm3N9O14P+. The van der Waals surface area contributed by atoms with Crippen LogP contribution in [0.2, 0.25) is 0 Å². The number of phosphoric acid groups is 1. The van der Waals surface area contributed by atoms with Gasteiger partial charge in [0.2, 0.25) is 5.95 Å². The smallest absolute Gasteiger partial charge is 0.474 e. The number of carboxylic acids is 2. The number of carbonyl (C=O) groups excluding carboxylic acids is 3. The third-order valence-corrected chi connectivity index (χ3v) is 8.59. The van der Waals surface area contributed by atoms with Crippen LogP contribution >= 0.6 is 7.82 Å². The van der Waals surface area contributed by atoms with Gasteiger partial charge in [0, 0.05) is 24.7 Å². The number of phosphoric ester groups is 1. The molecule has 8 N–H and O–H groups in total. The van der Waals surface area contributed by atoms with Crippen LogP contribution in [0.1, 0.15) is 34.5 Å². The number of nitrogen functional groups attached to an aromatic ring is 1.